The number of hydrogen-bond acceptors (Lipinski definition) is 4. The fourth-order valence-electron chi connectivity index (χ4n) is 3.42. The quantitative estimate of drug-likeness (QED) is 0.307. The molecule has 0 aromatic heterocycles. The van der Waals surface area contributed by atoms with Crippen molar-refractivity contribution in [3.8, 4) is 33.8 Å². The number of benzene rings is 4. The predicted octanol–water partition coefficient (Wildman–Crippen LogP) is 5.87. The van der Waals surface area contributed by atoms with Gasteiger partial charge in [0.2, 0.25) is 0 Å². The normalized spacial score (nSPS) is 10.5. The van der Waals surface area contributed by atoms with Crippen molar-refractivity contribution < 1.29 is 29.3 Å². The maximum atomic E-state index is 11.0. The summed E-state index contributed by atoms with van der Waals surface area (Å²) in [4.78, 5) is 21.9. The Kier molecular flexibility index (Phi) is 6.89. The minimum Gasteiger partial charge on any atom is -0.490 e. The summed E-state index contributed by atoms with van der Waals surface area (Å²) in [5.74, 6) is -0.453. The highest BCUT2D eigenvalue weighted by molar-refractivity contribution is 5.88. The van der Waals surface area contributed by atoms with Crippen LogP contribution in [-0.4, -0.2) is 35.4 Å². The van der Waals surface area contributed by atoms with E-state index in [9.17, 15) is 9.59 Å². The molecule has 0 fully saturated rings. The average Bonchev–Trinajstić information content (AvgIpc) is 2.87. The first-order chi connectivity index (χ1) is 16.5. The van der Waals surface area contributed by atoms with Crippen LogP contribution in [0.4, 0.5) is 0 Å². The second-order valence-electron chi connectivity index (χ2n) is 7.51. The molecule has 6 nitrogen and oxygen atoms in total. The molecule has 0 spiro atoms. The fourth-order valence-corrected chi connectivity index (χ4v) is 3.42. The molecule has 4 aromatic carbocycles. The fraction of sp³-hybridized carbons (Fsp3) is 0.0714. The lowest BCUT2D eigenvalue weighted by molar-refractivity contribution is 0.0686. The van der Waals surface area contributed by atoms with Gasteiger partial charge in [-0.2, -0.15) is 0 Å². The van der Waals surface area contributed by atoms with Gasteiger partial charge in [-0.25, -0.2) is 9.59 Å². The molecule has 0 atom stereocenters. The Labute approximate surface area is 196 Å². The smallest absolute Gasteiger partial charge is 0.335 e. The summed E-state index contributed by atoms with van der Waals surface area (Å²) in [5.41, 5.74) is 4.32. The Bertz CT molecular complexity index is 1160. The predicted molar refractivity (Wildman–Crippen MR) is 129 cm³/mol. The van der Waals surface area contributed by atoms with Crippen LogP contribution < -0.4 is 9.47 Å². The summed E-state index contributed by atoms with van der Waals surface area (Å²) in [5, 5.41) is 18.0. The van der Waals surface area contributed by atoms with Crippen molar-refractivity contribution in [3.63, 3.8) is 0 Å². The summed E-state index contributed by atoms with van der Waals surface area (Å²) in [6, 6.07) is 28.6. The van der Waals surface area contributed by atoms with Crippen LogP contribution in [-0.2, 0) is 0 Å². The van der Waals surface area contributed by atoms with Crippen molar-refractivity contribution in [2.45, 2.75) is 0 Å². The third-order valence-corrected chi connectivity index (χ3v) is 5.26. The lowest BCUT2D eigenvalue weighted by Crippen LogP contribution is -2.08. The Hall–Kier alpha value is -4.58. The number of carboxylic acids is 2. The minimum atomic E-state index is -0.944. The van der Waals surface area contributed by atoms with E-state index >= 15 is 0 Å². The van der Waals surface area contributed by atoms with Crippen LogP contribution >= 0.6 is 0 Å². The number of hydrogen-bond donors (Lipinski definition) is 2. The number of carboxylic acid groups (broad SMARTS) is 2. The highest BCUT2D eigenvalue weighted by Gasteiger charge is 2.05. The summed E-state index contributed by atoms with van der Waals surface area (Å²) < 4.78 is 11.5. The molecule has 0 aliphatic carbocycles. The zero-order chi connectivity index (χ0) is 23.9. The van der Waals surface area contributed by atoms with Gasteiger partial charge in [0.25, 0.3) is 0 Å². The van der Waals surface area contributed by atoms with Gasteiger partial charge in [-0.1, -0.05) is 48.5 Å². The number of aromatic carboxylic acids is 2. The van der Waals surface area contributed by atoms with Gasteiger partial charge in [0.1, 0.15) is 24.7 Å². The molecule has 0 saturated carbocycles. The Morgan fingerprint density at radius 2 is 0.735 bits per heavy atom. The first-order valence-electron chi connectivity index (χ1n) is 10.6. The highest BCUT2D eigenvalue weighted by Crippen LogP contribution is 2.24. The third-order valence-electron chi connectivity index (χ3n) is 5.26. The summed E-state index contributed by atoms with van der Waals surface area (Å²) >= 11 is 0. The van der Waals surface area contributed by atoms with Crippen LogP contribution in [0.1, 0.15) is 20.7 Å². The Morgan fingerprint density at radius 3 is 1.00 bits per heavy atom. The molecule has 0 radical (unpaired) electrons. The lowest BCUT2D eigenvalue weighted by atomic mass is 10.0. The third kappa shape index (κ3) is 5.61. The highest BCUT2D eigenvalue weighted by atomic mass is 16.5. The van der Waals surface area contributed by atoms with Gasteiger partial charge in [-0.15, -0.1) is 0 Å². The molecular formula is C28H22O6. The molecule has 0 heterocycles. The van der Waals surface area contributed by atoms with Crippen molar-refractivity contribution in [1.82, 2.24) is 0 Å². The monoisotopic (exact) mass is 454 g/mol. The topological polar surface area (TPSA) is 93.1 Å². The van der Waals surface area contributed by atoms with Gasteiger partial charge in [0.15, 0.2) is 0 Å². The first kappa shape index (κ1) is 22.6. The van der Waals surface area contributed by atoms with E-state index in [0.29, 0.717) is 13.2 Å². The van der Waals surface area contributed by atoms with Gasteiger partial charge >= 0.3 is 11.9 Å². The summed E-state index contributed by atoms with van der Waals surface area (Å²) in [7, 11) is 0. The lowest BCUT2D eigenvalue weighted by Gasteiger charge is -2.10. The van der Waals surface area contributed by atoms with E-state index in [1.165, 1.54) is 0 Å². The van der Waals surface area contributed by atoms with E-state index in [0.717, 1.165) is 33.8 Å². The molecule has 0 amide bonds. The molecule has 0 aliphatic heterocycles. The zero-order valence-corrected chi connectivity index (χ0v) is 18.2. The van der Waals surface area contributed by atoms with Crippen molar-refractivity contribution in [1.29, 1.82) is 0 Å². The molecule has 34 heavy (non-hydrogen) atoms. The van der Waals surface area contributed by atoms with Crippen molar-refractivity contribution in [2.75, 3.05) is 13.2 Å². The van der Waals surface area contributed by atoms with Crippen LogP contribution in [0.25, 0.3) is 22.3 Å². The van der Waals surface area contributed by atoms with Crippen LogP contribution in [0.2, 0.25) is 0 Å². The second kappa shape index (κ2) is 10.4. The van der Waals surface area contributed by atoms with Gasteiger partial charge in [-0.3, -0.25) is 0 Å². The largest absolute Gasteiger partial charge is 0.490 e. The molecule has 0 bridgehead atoms. The number of rotatable bonds is 9. The van der Waals surface area contributed by atoms with Crippen molar-refractivity contribution in [3.05, 3.63) is 108 Å². The summed E-state index contributed by atoms with van der Waals surface area (Å²) in [6.07, 6.45) is 0. The molecule has 0 unspecified atom stereocenters. The van der Waals surface area contributed by atoms with Crippen molar-refractivity contribution in [2.24, 2.45) is 0 Å². The number of ether oxygens (including phenoxy) is 2. The standard InChI is InChI=1S/C28H22O6/c29-27(30)23-5-1-19(2-6-23)21-9-13-25(14-10-21)33-17-18-34-26-15-11-22(12-16-26)20-3-7-24(8-4-20)28(31)32/h1-16H,17-18H2,(H,29,30)(H,31,32). The van der Waals surface area contributed by atoms with Crippen LogP contribution in [0.5, 0.6) is 11.5 Å². The van der Waals surface area contributed by atoms with Crippen LogP contribution in [0.15, 0.2) is 97.1 Å². The Balaban J connectivity index is 1.25. The SMILES string of the molecule is O=C(O)c1ccc(-c2ccc(OCCOc3ccc(-c4ccc(C(=O)O)cc4)cc3)cc2)cc1. The maximum absolute atomic E-state index is 11.0. The first-order valence-corrected chi connectivity index (χ1v) is 10.6. The van der Waals surface area contributed by atoms with Gasteiger partial charge < -0.3 is 19.7 Å². The number of carbonyl (C=O) groups is 2. The van der Waals surface area contributed by atoms with E-state index < -0.39 is 11.9 Å². The molecule has 170 valence electrons. The maximum Gasteiger partial charge on any atom is 0.335 e. The molecule has 4 rings (SSSR count). The van der Waals surface area contributed by atoms with Crippen LogP contribution in [0.3, 0.4) is 0 Å². The van der Waals surface area contributed by atoms with E-state index in [-0.39, 0.29) is 11.1 Å². The average molecular weight is 454 g/mol. The van der Waals surface area contributed by atoms with E-state index in [2.05, 4.69) is 0 Å². The molecular weight excluding hydrogens is 432 g/mol. The van der Waals surface area contributed by atoms with Crippen LogP contribution in [0, 0.1) is 0 Å². The van der Waals surface area contributed by atoms with E-state index in [1.54, 1.807) is 48.5 Å². The van der Waals surface area contributed by atoms with Crippen molar-refractivity contribution >= 4 is 11.9 Å². The zero-order valence-electron chi connectivity index (χ0n) is 18.2. The Morgan fingerprint density at radius 1 is 0.471 bits per heavy atom. The second-order valence-corrected chi connectivity index (χ2v) is 7.51. The van der Waals surface area contributed by atoms with E-state index in [1.807, 2.05) is 48.5 Å². The summed E-state index contributed by atoms with van der Waals surface area (Å²) in [6.45, 7) is 0.760. The van der Waals surface area contributed by atoms with E-state index in [4.69, 9.17) is 19.7 Å². The molecule has 0 aliphatic rings. The van der Waals surface area contributed by atoms with Gasteiger partial charge in [0, 0.05) is 0 Å². The molecule has 2 N–H and O–H groups in total. The van der Waals surface area contributed by atoms with Gasteiger partial charge in [0.05, 0.1) is 11.1 Å². The molecule has 4 aromatic rings. The molecule has 6 heteroatoms. The minimum absolute atomic E-state index is 0.257. The van der Waals surface area contributed by atoms with Gasteiger partial charge in [-0.05, 0) is 70.8 Å². The molecule has 0 saturated heterocycles.